The van der Waals surface area contributed by atoms with Crippen molar-refractivity contribution in [2.75, 3.05) is 6.54 Å². The van der Waals surface area contributed by atoms with Crippen LogP contribution in [0.25, 0.3) is 0 Å². The Morgan fingerprint density at radius 3 is 2.44 bits per heavy atom. The summed E-state index contributed by atoms with van der Waals surface area (Å²) in [6, 6.07) is 15.4. The number of rotatable bonds is 5. The first-order chi connectivity index (χ1) is 8.72. The number of benzene rings is 1. The summed E-state index contributed by atoms with van der Waals surface area (Å²) in [5, 5.41) is 3.60. The average Bonchev–Trinajstić information content (AvgIpc) is 2.82. The van der Waals surface area contributed by atoms with E-state index in [1.807, 2.05) is 11.3 Å². The van der Waals surface area contributed by atoms with Crippen molar-refractivity contribution < 1.29 is 0 Å². The number of nitrogens with one attached hydrogen (secondary N) is 1. The van der Waals surface area contributed by atoms with E-state index in [9.17, 15) is 0 Å². The Balaban J connectivity index is 2.25. The lowest BCUT2D eigenvalue weighted by Crippen LogP contribution is -2.24. The summed E-state index contributed by atoms with van der Waals surface area (Å²) < 4.78 is 1.20. The van der Waals surface area contributed by atoms with Gasteiger partial charge in [0.15, 0.2) is 0 Å². The maximum Gasteiger partial charge on any atom is 0.0701 e. The van der Waals surface area contributed by atoms with Gasteiger partial charge in [-0.1, -0.05) is 44.2 Å². The topological polar surface area (TPSA) is 12.0 Å². The number of likely N-dealkylation sites (N-methyl/N-ethyl adjacent to an activating group) is 1. The van der Waals surface area contributed by atoms with Crippen LogP contribution in [-0.2, 0) is 0 Å². The highest BCUT2D eigenvalue weighted by Crippen LogP contribution is 2.35. The fourth-order valence-electron chi connectivity index (χ4n) is 2.19. The van der Waals surface area contributed by atoms with Gasteiger partial charge in [0.2, 0.25) is 0 Å². The summed E-state index contributed by atoms with van der Waals surface area (Å²) in [7, 11) is 0. The van der Waals surface area contributed by atoms with Crippen LogP contribution >= 0.6 is 27.3 Å². The van der Waals surface area contributed by atoms with Gasteiger partial charge in [0.1, 0.15) is 0 Å². The van der Waals surface area contributed by atoms with Crippen molar-refractivity contribution in [1.29, 1.82) is 0 Å². The number of halogens is 1. The molecule has 1 nitrogen and oxygen atoms in total. The molecule has 0 aliphatic rings. The molecule has 0 saturated heterocycles. The molecule has 2 atom stereocenters. The molecule has 0 bridgehead atoms. The smallest absolute Gasteiger partial charge is 0.0701 e. The second kappa shape index (κ2) is 6.50. The second-order valence-electron chi connectivity index (χ2n) is 4.38. The van der Waals surface area contributed by atoms with Crippen LogP contribution < -0.4 is 5.32 Å². The zero-order valence-corrected chi connectivity index (χ0v) is 13.1. The van der Waals surface area contributed by atoms with Crippen molar-refractivity contribution in [1.82, 2.24) is 5.32 Å². The maximum atomic E-state index is 3.60. The lowest BCUT2D eigenvalue weighted by atomic mass is 9.92. The predicted octanol–water partition coefficient (Wildman–Crippen LogP) is 4.96. The van der Waals surface area contributed by atoms with E-state index >= 15 is 0 Å². The van der Waals surface area contributed by atoms with Gasteiger partial charge in [0.25, 0.3) is 0 Å². The molecule has 1 aromatic carbocycles. The van der Waals surface area contributed by atoms with Crippen molar-refractivity contribution in [2.45, 2.75) is 25.8 Å². The second-order valence-corrected chi connectivity index (χ2v) is 6.87. The monoisotopic (exact) mass is 323 g/mol. The molecule has 2 aromatic rings. The van der Waals surface area contributed by atoms with Crippen LogP contribution in [0.3, 0.4) is 0 Å². The number of hydrogen-bond donors (Lipinski definition) is 1. The maximum absolute atomic E-state index is 3.60. The van der Waals surface area contributed by atoms with Crippen molar-refractivity contribution in [3.63, 3.8) is 0 Å². The first kappa shape index (κ1) is 13.8. The van der Waals surface area contributed by atoms with E-state index in [2.05, 4.69) is 77.6 Å². The summed E-state index contributed by atoms with van der Waals surface area (Å²) in [6.45, 7) is 5.43. The van der Waals surface area contributed by atoms with E-state index in [1.165, 1.54) is 14.2 Å². The van der Waals surface area contributed by atoms with E-state index in [0.717, 1.165) is 6.54 Å². The molecule has 18 heavy (non-hydrogen) atoms. The van der Waals surface area contributed by atoms with Gasteiger partial charge in [-0.2, -0.15) is 0 Å². The van der Waals surface area contributed by atoms with Crippen LogP contribution in [0.15, 0.2) is 46.3 Å². The molecule has 1 aromatic heterocycles. The zero-order valence-electron chi connectivity index (χ0n) is 10.7. The lowest BCUT2D eigenvalue weighted by Gasteiger charge is -2.24. The van der Waals surface area contributed by atoms with E-state index in [-0.39, 0.29) is 0 Å². The van der Waals surface area contributed by atoms with Gasteiger partial charge in [0, 0.05) is 16.8 Å². The minimum absolute atomic E-state index is 0.383. The van der Waals surface area contributed by atoms with Crippen molar-refractivity contribution in [3.05, 3.63) is 56.7 Å². The molecular weight excluding hydrogens is 306 g/mol. The molecule has 2 unspecified atom stereocenters. The normalized spacial score (nSPS) is 14.4. The van der Waals surface area contributed by atoms with E-state index in [4.69, 9.17) is 0 Å². The first-order valence-corrected chi connectivity index (χ1v) is 7.87. The van der Waals surface area contributed by atoms with Crippen LogP contribution in [0, 0.1) is 0 Å². The zero-order chi connectivity index (χ0) is 13.0. The van der Waals surface area contributed by atoms with E-state index in [0.29, 0.717) is 12.0 Å². The molecule has 0 aliphatic heterocycles. The standard InChI is InChI=1S/C15H18BrNS/c1-3-17-15(13-9-10-14(16)18-13)11(2)12-7-5-4-6-8-12/h4-11,15,17H,3H2,1-2H3. The largest absolute Gasteiger partial charge is 0.309 e. The molecule has 3 heteroatoms. The van der Waals surface area contributed by atoms with Crippen molar-refractivity contribution >= 4 is 27.3 Å². The molecule has 0 spiro atoms. The third kappa shape index (κ3) is 3.22. The fourth-order valence-corrected chi connectivity index (χ4v) is 3.79. The molecule has 0 amide bonds. The highest BCUT2D eigenvalue weighted by atomic mass is 79.9. The third-order valence-corrected chi connectivity index (χ3v) is 4.86. The minimum Gasteiger partial charge on any atom is -0.309 e. The van der Waals surface area contributed by atoms with Crippen molar-refractivity contribution in [3.8, 4) is 0 Å². The van der Waals surface area contributed by atoms with Crippen LogP contribution in [-0.4, -0.2) is 6.54 Å². The highest BCUT2D eigenvalue weighted by molar-refractivity contribution is 9.11. The van der Waals surface area contributed by atoms with Crippen LogP contribution in [0.5, 0.6) is 0 Å². The summed E-state index contributed by atoms with van der Waals surface area (Å²) in [4.78, 5) is 1.39. The van der Waals surface area contributed by atoms with Crippen LogP contribution in [0.4, 0.5) is 0 Å². The molecule has 96 valence electrons. The molecule has 1 heterocycles. The fraction of sp³-hybridized carbons (Fsp3) is 0.333. The third-order valence-electron chi connectivity index (χ3n) is 3.15. The van der Waals surface area contributed by atoms with Gasteiger partial charge in [-0.05, 0) is 40.2 Å². The molecule has 0 aliphatic carbocycles. The molecule has 0 fully saturated rings. The van der Waals surface area contributed by atoms with Crippen LogP contribution in [0.2, 0.25) is 0 Å². The summed E-state index contributed by atoms with van der Waals surface area (Å²) in [5.41, 5.74) is 1.38. The summed E-state index contributed by atoms with van der Waals surface area (Å²) >= 11 is 5.36. The summed E-state index contributed by atoms with van der Waals surface area (Å²) in [5.74, 6) is 0.469. The lowest BCUT2D eigenvalue weighted by molar-refractivity contribution is 0.486. The Morgan fingerprint density at radius 1 is 1.17 bits per heavy atom. The minimum atomic E-state index is 0.383. The van der Waals surface area contributed by atoms with Gasteiger partial charge in [0.05, 0.1) is 3.79 Å². The molecule has 0 radical (unpaired) electrons. The Morgan fingerprint density at radius 2 is 1.89 bits per heavy atom. The highest BCUT2D eigenvalue weighted by Gasteiger charge is 2.21. The number of thiophene rings is 1. The van der Waals surface area contributed by atoms with E-state index in [1.54, 1.807) is 0 Å². The molecule has 2 rings (SSSR count). The van der Waals surface area contributed by atoms with Gasteiger partial charge in [-0.15, -0.1) is 11.3 Å². The Kier molecular flexibility index (Phi) is 4.98. The Labute approximate surface area is 121 Å². The molecule has 0 saturated carbocycles. The van der Waals surface area contributed by atoms with Gasteiger partial charge in [-0.25, -0.2) is 0 Å². The molecular formula is C15H18BrNS. The average molecular weight is 324 g/mol. The SMILES string of the molecule is CCNC(c1ccc(Br)s1)C(C)c1ccccc1. The van der Waals surface area contributed by atoms with Crippen LogP contribution in [0.1, 0.15) is 36.2 Å². The van der Waals surface area contributed by atoms with Gasteiger partial charge in [-0.3, -0.25) is 0 Å². The quantitative estimate of drug-likeness (QED) is 0.819. The first-order valence-electron chi connectivity index (χ1n) is 6.26. The van der Waals surface area contributed by atoms with Gasteiger partial charge >= 0.3 is 0 Å². The van der Waals surface area contributed by atoms with Crippen molar-refractivity contribution in [2.24, 2.45) is 0 Å². The van der Waals surface area contributed by atoms with E-state index < -0.39 is 0 Å². The Bertz CT molecular complexity index is 480. The predicted molar refractivity (Wildman–Crippen MR) is 83.3 cm³/mol. The number of hydrogen-bond acceptors (Lipinski definition) is 2. The summed E-state index contributed by atoms with van der Waals surface area (Å²) in [6.07, 6.45) is 0. The van der Waals surface area contributed by atoms with Gasteiger partial charge < -0.3 is 5.32 Å². The molecule has 1 N–H and O–H groups in total. The Hall–Kier alpha value is -0.640.